The fraction of sp³-hybridized carbons (Fsp3) is 0.500. The average Bonchev–Trinajstić information content (AvgIpc) is 2.31. The first-order valence-electron chi connectivity index (χ1n) is 6.23. The Bertz CT molecular complexity index is 407. The molecular weight excluding hydrogens is 339 g/mol. The fourth-order valence-electron chi connectivity index (χ4n) is 1.47. The maximum atomic E-state index is 12.0. The Labute approximate surface area is 123 Å². The van der Waals surface area contributed by atoms with Crippen LogP contribution >= 0.6 is 22.6 Å². The van der Waals surface area contributed by atoms with Crippen LogP contribution in [0.25, 0.3) is 0 Å². The van der Waals surface area contributed by atoms with Crippen LogP contribution in [0.1, 0.15) is 27.7 Å². The van der Waals surface area contributed by atoms with Crippen LogP contribution in [0.4, 0.5) is 5.69 Å². The van der Waals surface area contributed by atoms with Crippen LogP contribution in [0.3, 0.4) is 0 Å². The van der Waals surface area contributed by atoms with Crippen LogP contribution < -0.4 is 10.6 Å². The largest absolute Gasteiger partial charge is 0.324 e. The summed E-state index contributed by atoms with van der Waals surface area (Å²) in [4.78, 5) is 12.0. The third-order valence-corrected chi connectivity index (χ3v) is 3.98. The lowest BCUT2D eigenvalue weighted by atomic mass is 10.1. The van der Waals surface area contributed by atoms with Gasteiger partial charge in [-0.2, -0.15) is 0 Å². The number of rotatable bonds is 5. The van der Waals surface area contributed by atoms with E-state index >= 15 is 0 Å². The second-order valence-corrected chi connectivity index (χ2v) is 6.05. The lowest BCUT2D eigenvalue weighted by Crippen LogP contribution is -2.44. The molecule has 0 spiro atoms. The molecule has 0 aliphatic heterocycles. The number of halogens is 1. The minimum Gasteiger partial charge on any atom is -0.324 e. The van der Waals surface area contributed by atoms with Crippen molar-refractivity contribution in [3.8, 4) is 0 Å². The summed E-state index contributed by atoms with van der Waals surface area (Å²) < 4.78 is 1.05. The van der Waals surface area contributed by atoms with E-state index < -0.39 is 0 Å². The highest BCUT2D eigenvalue weighted by molar-refractivity contribution is 14.1. The van der Waals surface area contributed by atoms with Gasteiger partial charge < -0.3 is 10.6 Å². The maximum absolute atomic E-state index is 12.0. The Morgan fingerprint density at radius 1 is 1.17 bits per heavy atom. The van der Waals surface area contributed by atoms with Crippen LogP contribution in [0, 0.1) is 9.49 Å². The molecule has 2 atom stereocenters. The Morgan fingerprint density at radius 3 is 2.33 bits per heavy atom. The molecule has 0 unspecified atom stereocenters. The molecule has 1 amide bonds. The molecule has 1 aromatic carbocycles. The van der Waals surface area contributed by atoms with Gasteiger partial charge in [0.2, 0.25) is 5.91 Å². The van der Waals surface area contributed by atoms with Crippen molar-refractivity contribution in [2.75, 3.05) is 5.32 Å². The zero-order valence-electron chi connectivity index (χ0n) is 11.3. The van der Waals surface area contributed by atoms with Crippen LogP contribution in [-0.4, -0.2) is 18.0 Å². The molecule has 4 heteroatoms. The predicted octanol–water partition coefficient (Wildman–Crippen LogP) is 3.25. The Balaban J connectivity index is 2.58. The van der Waals surface area contributed by atoms with Gasteiger partial charge in [0.05, 0.1) is 11.7 Å². The van der Waals surface area contributed by atoms with Crippen LogP contribution in [-0.2, 0) is 4.79 Å². The molecule has 1 aromatic rings. The van der Waals surface area contributed by atoms with E-state index in [0.717, 1.165) is 9.26 Å². The van der Waals surface area contributed by atoms with Crippen molar-refractivity contribution in [2.45, 2.75) is 39.8 Å². The van der Waals surface area contributed by atoms with E-state index in [1.165, 1.54) is 0 Å². The van der Waals surface area contributed by atoms with E-state index in [-0.39, 0.29) is 11.9 Å². The first-order valence-corrected chi connectivity index (χ1v) is 7.31. The van der Waals surface area contributed by atoms with Crippen LogP contribution in [0.2, 0.25) is 0 Å². The summed E-state index contributed by atoms with van der Waals surface area (Å²) in [5.41, 5.74) is 0.869. The maximum Gasteiger partial charge on any atom is 0.241 e. The van der Waals surface area contributed by atoms with E-state index in [2.05, 4.69) is 54.0 Å². The number of hydrogen-bond donors (Lipinski definition) is 2. The van der Waals surface area contributed by atoms with Crippen molar-refractivity contribution in [3.05, 3.63) is 27.8 Å². The SMILES string of the molecule is CC(C)[C@H](C)N[C@@H](C)C(=O)Nc1ccccc1I. The predicted molar refractivity (Wildman–Crippen MR) is 84.7 cm³/mol. The lowest BCUT2D eigenvalue weighted by molar-refractivity contribution is -0.118. The van der Waals surface area contributed by atoms with Crippen molar-refractivity contribution < 1.29 is 4.79 Å². The summed E-state index contributed by atoms with van der Waals surface area (Å²) >= 11 is 2.22. The van der Waals surface area contributed by atoms with Crippen molar-refractivity contribution in [3.63, 3.8) is 0 Å². The zero-order valence-corrected chi connectivity index (χ0v) is 13.5. The summed E-state index contributed by atoms with van der Waals surface area (Å²) in [6, 6.07) is 7.90. The molecular formula is C14H21IN2O. The van der Waals surface area contributed by atoms with Gasteiger partial charge in [0.15, 0.2) is 0 Å². The van der Waals surface area contributed by atoms with Gasteiger partial charge in [0.1, 0.15) is 0 Å². The molecule has 2 N–H and O–H groups in total. The molecule has 18 heavy (non-hydrogen) atoms. The van der Waals surface area contributed by atoms with Gasteiger partial charge in [-0.15, -0.1) is 0 Å². The van der Waals surface area contributed by atoms with E-state index in [4.69, 9.17) is 0 Å². The quantitative estimate of drug-likeness (QED) is 0.792. The highest BCUT2D eigenvalue weighted by Gasteiger charge is 2.17. The molecule has 0 aliphatic rings. The monoisotopic (exact) mass is 360 g/mol. The lowest BCUT2D eigenvalue weighted by Gasteiger charge is -2.22. The molecule has 0 bridgehead atoms. The average molecular weight is 360 g/mol. The standard InChI is InChI=1S/C14H21IN2O/c1-9(2)10(3)16-11(4)14(18)17-13-8-6-5-7-12(13)15/h5-11,16H,1-4H3,(H,17,18)/t10-,11-/m0/s1. The number of carbonyl (C=O) groups is 1. The van der Waals surface area contributed by atoms with Crippen molar-refractivity contribution in [2.24, 2.45) is 5.92 Å². The first-order chi connectivity index (χ1) is 8.41. The second-order valence-electron chi connectivity index (χ2n) is 4.89. The summed E-state index contributed by atoms with van der Waals surface area (Å²) in [6.07, 6.45) is 0. The Morgan fingerprint density at radius 2 is 1.78 bits per heavy atom. The smallest absolute Gasteiger partial charge is 0.241 e. The molecule has 0 aliphatic carbocycles. The molecule has 0 aromatic heterocycles. The number of benzene rings is 1. The molecule has 1 rings (SSSR count). The summed E-state index contributed by atoms with van der Waals surface area (Å²) in [5.74, 6) is 0.517. The van der Waals surface area contributed by atoms with Gasteiger partial charge in [-0.3, -0.25) is 4.79 Å². The Hall–Kier alpha value is -0.620. The fourth-order valence-corrected chi connectivity index (χ4v) is 1.99. The van der Waals surface area contributed by atoms with E-state index in [1.807, 2.05) is 31.2 Å². The number of anilines is 1. The highest BCUT2D eigenvalue weighted by atomic mass is 127. The first kappa shape index (κ1) is 15.4. The van der Waals surface area contributed by atoms with Crippen molar-refractivity contribution >= 4 is 34.2 Å². The second kappa shape index (κ2) is 7.09. The van der Waals surface area contributed by atoms with Gasteiger partial charge in [-0.1, -0.05) is 26.0 Å². The van der Waals surface area contributed by atoms with Gasteiger partial charge in [-0.05, 0) is 54.5 Å². The van der Waals surface area contributed by atoms with E-state index in [9.17, 15) is 4.79 Å². The number of amides is 1. The molecule has 0 heterocycles. The molecule has 0 radical (unpaired) electrons. The number of hydrogen-bond acceptors (Lipinski definition) is 2. The topological polar surface area (TPSA) is 41.1 Å². The number of para-hydroxylation sites is 1. The minimum atomic E-state index is -0.196. The normalized spacial score (nSPS) is 14.3. The van der Waals surface area contributed by atoms with Crippen LogP contribution in [0.15, 0.2) is 24.3 Å². The third kappa shape index (κ3) is 4.57. The summed E-state index contributed by atoms with van der Waals surface area (Å²) in [7, 11) is 0. The van der Waals surface area contributed by atoms with Gasteiger partial charge in [-0.25, -0.2) is 0 Å². The van der Waals surface area contributed by atoms with Gasteiger partial charge in [0, 0.05) is 9.61 Å². The molecule has 0 fully saturated rings. The molecule has 0 saturated carbocycles. The zero-order chi connectivity index (χ0) is 13.7. The third-order valence-electron chi connectivity index (χ3n) is 3.04. The molecule has 3 nitrogen and oxygen atoms in total. The van der Waals surface area contributed by atoms with Crippen molar-refractivity contribution in [1.82, 2.24) is 5.32 Å². The summed E-state index contributed by atoms with van der Waals surface area (Å²) in [5, 5.41) is 6.25. The minimum absolute atomic E-state index is 0.00613. The summed E-state index contributed by atoms with van der Waals surface area (Å²) in [6.45, 7) is 8.27. The van der Waals surface area contributed by atoms with Crippen LogP contribution in [0.5, 0.6) is 0 Å². The van der Waals surface area contributed by atoms with E-state index in [0.29, 0.717) is 12.0 Å². The number of nitrogens with one attached hydrogen (secondary N) is 2. The van der Waals surface area contributed by atoms with Gasteiger partial charge >= 0.3 is 0 Å². The van der Waals surface area contributed by atoms with E-state index in [1.54, 1.807) is 0 Å². The molecule has 100 valence electrons. The molecule has 0 saturated heterocycles. The number of carbonyl (C=O) groups excluding carboxylic acids is 1. The Kier molecular flexibility index (Phi) is 6.08. The van der Waals surface area contributed by atoms with Crippen molar-refractivity contribution in [1.29, 1.82) is 0 Å². The van der Waals surface area contributed by atoms with Gasteiger partial charge in [0.25, 0.3) is 0 Å². The highest BCUT2D eigenvalue weighted by Crippen LogP contribution is 2.17.